The van der Waals surface area contributed by atoms with Gasteiger partial charge in [0.1, 0.15) is 11.3 Å². The lowest BCUT2D eigenvalue weighted by atomic mass is 9.86. The topological polar surface area (TPSA) is 59.8 Å². The summed E-state index contributed by atoms with van der Waals surface area (Å²) < 4.78 is 31.7. The number of fused-ring (bicyclic) bond motifs is 4. The zero-order valence-corrected chi connectivity index (χ0v) is 48.7. The smallest absolute Gasteiger partial charge is 0.163 e. The summed E-state index contributed by atoms with van der Waals surface area (Å²) in [5.74, 6) is 3.56. The second-order valence-electron chi connectivity index (χ2n) is 24.5. The van der Waals surface area contributed by atoms with E-state index in [9.17, 15) is 0 Å². The molecule has 410 valence electrons. The fraction of sp³-hybridized carbons (Fsp3) is 0.250. The van der Waals surface area contributed by atoms with Crippen molar-refractivity contribution in [3.05, 3.63) is 210 Å². The highest BCUT2D eigenvalue weighted by Gasteiger charge is 2.30. The van der Waals surface area contributed by atoms with Crippen molar-refractivity contribution in [2.75, 3.05) is 41.1 Å². The Morgan fingerprint density at radius 1 is 0.346 bits per heavy atom. The normalized spacial score (nSPS) is 13.7. The lowest BCUT2D eigenvalue weighted by Crippen LogP contribution is -2.18. The van der Waals surface area contributed by atoms with Crippen molar-refractivity contribution >= 4 is 84.5 Å². The van der Waals surface area contributed by atoms with Gasteiger partial charge in [-0.05, 0) is 147 Å². The van der Waals surface area contributed by atoms with Crippen LogP contribution in [0.1, 0.15) is 91.8 Å². The quantitative estimate of drug-likeness (QED) is 0.134. The van der Waals surface area contributed by atoms with Gasteiger partial charge in [0.05, 0.1) is 59.9 Å². The minimum atomic E-state index is -0.0676. The molecule has 0 saturated heterocycles. The number of ether oxygens (including phenoxy) is 4. The summed E-state index contributed by atoms with van der Waals surface area (Å²) in [5.41, 5.74) is 13.3. The number of benzene rings is 9. The van der Waals surface area contributed by atoms with Gasteiger partial charge in [0.25, 0.3) is 0 Å². The maximum absolute atomic E-state index is 8.33. The molecule has 0 fully saturated rings. The third-order valence-corrected chi connectivity index (χ3v) is 15.9. The van der Waals surface area contributed by atoms with Crippen LogP contribution >= 0.6 is 11.6 Å². The summed E-state index contributed by atoms with van der Waals surface area (Å²) in [6.45, 7) is 22.5. The van der Waals surface area contributed by atoms with Gasteiger partial charge in [-0.1, -0.05) is 147 Å². The van der Waals surface area contributed by atoms with Crippen LogP contribution in [0.15, 0.2) is 192 Å². The number of halogens is 1. The third kappa shape index (κ3) is 10.9. The van der Waals surface area contributed by atoms with Gasteiger partial charge < -0.3 is 38.1 Å². The molecule has 0 spiro atoms. The van der Waals surface area contributed by atoms with E-state index in [2.05, 4.69) is 235 Å². The van der Waals surface area contributed by atoms with Gasteiger partial charge >= 0.3 is 0 Å². The summed E-state index contributed by atoms with van der Waals surface area (Å²) in [6.07, 6.45) is 1.56. The summed E-state index contributed by atoms with van der Waals surface area (Å²) in [7, 11) is 0. The van der Waals surface area contributed by atoms with Crippen LogP contribution in [0, 0.1) is 0 Å². The minimum Gasteiger partial charge on any atom is -0.490 e. The molecule has 2 aliphatic heterocycles. The molecule has 8 nitrogen and oxygen atoms in total. The predicted molar refractivity (Wildman–Crippen MR) is 336 cm³/mol. The highest BCUT2D eigenvalue weighted by molar-refractivity contribution is 6.37. The molecule has 9 heteroatoms. The number of para-hydroxylation sites is 1. The second-order valence-corrected chi connectivity index (χ2v) is 24.8. The summed E-state index contributed by atoms with van der Waals surface area (Å²) in [4.78, 5) is 6.87. The SMILES string of the molecule is CC(C)(C)c1ccc(N(c2cc(N(c3ccc(C(C)(C)C)cc3)c3ccc(C(C)(C)C)cc3)c(Cl)c(N(c3ccc4c(c3)OCCCO4)c3ccc4c(c3)OCCCO4)c2)c2ccc3cc(-c4cc5ccccc5o4)ccc3c2)cc1. The fourth-order valence-electron chi connectivity index (χ4n) is 10.9. The Hall–Kier alpha value is -8.33. The highest BCUT2D eigenvalue weighted by Crippen LogP contribution is 2.53. The Morgan fingerprint density at radius 3 is 1.25 bits per heavy atom. The lowest BCUT2D eigenvalue weighted by Gasteiger charge is -2.35. The van der Waals surface area contributed by atoms with E-state index in [1.165, 1.54) is 16.7 Å². The molecule has 0 aliphatic carbocycles. The van der Waals surface area contributed by atoms with Crippen LogP contribution in [0.3, 0.4) is 0 Å². The monoisotopic (exact) mass is 1090 g/mol. The van der Waals surface area contributed by atoms with Crippen molar-refractivity contribution in [3.63, 3.8) is 0 Å². The molecule has 0 N–H and O–H groups in total. The number of anilines is 9. The summed E-state index contributed by atoms with van der Waals surface area (Å²) in [6, 6.07) is 67.1. The molecule has 3 heterocycles. The zero-order valence-electron chi connectivity index (χ0n) is 47.9. The largest absolute Gasteiger partial charge is 0.490 e. The van der Waals surface area contributed by atoms with E-state index in [1.807, 2.05) is 30.3 Å². The van der Waals surface area contributed by atoms with Gasteiger partial charge in [-0.3, -0.25) is 0 Å². The molecular weight excluding hydrogens is 1020 g/mol. The van der Waals surface area contributed by atoms with Crippen molar-refractivity contribution in [2.45, 2.75) is 91.4 Å². The van der Waals surface area contributed by atoms with Crippen LogP contribution in [0.4, 0.5) is 51.2 Å². The van der Waals surface area contributed by atoms with E-state index in [1.54, 1.807) is 0 Å². The number of rotatable bonds is 10. The first-order chi connectivity index (χ1) is 38.9. The lowest BCUT2D eigenvalue weighted by molar-refractivity contribution is 0.296. The number of hydrogen-bond donors (Lipinski definition) is 0. The first-order valence-corrected chi connectivity index (χ1v) is 28.7. The molecule has 0 atom stereocenters. The Kier molecular flexibility index (Phi) is 14.0. The van der Waals surface area contributed by atoms with E-state index in [0.29, 0.717) is 54.4 Å². The van der Waals surface area contributed by atoms with Crippen LogP contribution in [0.5, 0.6) is 23.0 Å². The number of nitrogens with zero attached hydrogens (tertiary/aromatic N) is 3. The second kappa shape index (κ2) is 21.3. The van der Waals surface area contributed by atoms with Gasteiger partial charge in [-0.2, -0.15) is 0 Å². The van der Waals surface area contributed by atoms with Crippen molar-refractivity contribution in [1.82, 2.24) is 0 Å². The van der Waals surface area contributed by atoms with Gasteiger partial charge in [0.2, 0.25) is 0 Å². The average Bonchev–Trinajstić information content (AvgIpc) is 3.78. The molecule has 0 bridgehead atoms. The maximum Gasteiger partial charge on any atom is 0.163 e. The van der Waals surface area contributed by atoms with Crippen LogP contribution in [0.2, 0.25) is 5.02 Å². The first kappa shape index (κ1) is 53.3. The zero-order chi connectivity index (χ0) is 56.2. The Labute approximate surface area is 482 Å². The van der Waals surface area contributed by atoms with Crippen molar-refractivity contribution in [3.8, 4) is 34.3 Å². The Bertz CT molecular complexity index is 3770. The van der Waals surface area contributed by atoms with Crippen LogP contribution in [-0.4, -0.2) is 26.4 Å². The van der Waals surface area contributed by atoms with Crippen LogP contribution in [-0.2, 0) is 16.2 Å². The molecule has 0 amide bonds. The highest BCUT2D eigenvalue weighted by atomic mass is 35.5. The molecule has 10 aromatic rings. The maximum atomic E-state index is 8.33. The van der Waals surface area contributed by atoms with E-state index < -0.39 is 0 Å². The Morgan fingerprint density at radius 2 is 0.753 bits per heavy atom. The summed E-state index contributed by atoms with van der Waals surface area (Å²) >= 11 is 8.33. The minimum absolute atomic E-state index is 0.0634. The molecule has 2 aliphatic rings. The van der Waals surface area contributed by atoms with Crippen LogP contribution in [0.25, 0.3) is 33.1 Å². The van der Waals surface area contributed by atoms with Crippen molar-refractivity contribution < 1.29 is 23.4 Å². The van der Waals surface area contributed by atoms with Gasteiger partial charge in [0, 0.05) is 58.7 Å². The molecule has 9 aromatic carbocycles. The van der Waals surface area contributed by atoms with Gasteiger partial charge in [-0.15, -0.1) is 0 Å². The third-order valence-electron chi connectivity index (χ3n) is 15.5. The van der Waals surface area contributed by atoms with E-state index in [-0.39, 0.29) is 16.2 Å². The fourth-order valence-corrected chi connectivity index (χ4v) is 11.2. The molecule has 0 radical (unpaired) electrons. The summed E-state index contributed by atoms with van der Waals surface area (Å²) in [5, 5.41) is 3.78. The molecule has 0 saturated carbocycles. The first-order valence-electron chi connectivity index (χ1n) is 28.3. The Balaban J connectivity index is 1.13. The van der Waals surface area contributed by atoms with Gasteiger partial charge in [0.15, 0.2) is 23.0 Å². The van der Waals surface area contributed by atoms with E-state index in [0.717, 1.165) is 97.1 Å². The molecule has 0 unspecified atom stereocenters. The number of hydrogen-bond acceptors (Lipinski definition) is 8. The van der Waals surface area contributed by atoms with E-state index >= 15 is 0 Å². The average molecular weight is 1090 g/mol. The van der Waals surface area contributed by atoms with Gasteiger partial charge in [-0.25, -0.2) is 0 Å². The predicted octanol–water partition coefficient (Wildman–Crippen LogP) is 20.5. The number of furan rings is 1. The molecule has 81 heavy (non-hydrogen) atoms. The van der Waals surface area contributed by atoms with Crippen molar-refractivity contribution in [2.24, 2.45) is 0 Å². The standard InChI is InChI=1S/C72H70ClN3O5/c1-70(2,3)51-19-26-54(27-20-51)74(57-25-18-47-40-50(17-16-48(47)41-57)66-42-49-14-10-11-15-63(49)81-66)60-43-61(75(55-28-21-52(22-29-55)71(4,5)6)56-30-23-53(24-31-56)72(7,8)9)69(73)62(44-60)76(58-32-34-64-67(45-58)79-38-12-36-77-64)59-33-35-65-68(46-59)80-39-13-37-78-65/h10-11,14-35,40-46H,12-13,36-39H2,1-9H3. The van der Waals surface area contributed by atoms with E-state index in [4.69, 9.17) is 35.0 Å². The molecule has 1 aromatic heterocycles. The molecular formula is C72H70ClN3O5. The molecule has 12 rings (SSSR count). The van der Waals surface area contributed by atoms with Crippen LogP contribution < -0.4 is 33.6 Å². The van der Waals surface area contributed by atoms with Crippen molar-refractivity contribution in [1.29, 1.82) is 0 Å².